The van der Waals surface area contributed by atoms with E-state index in [0.717, 1.165) is 37.2 Å². The predicted octanol–water partition coefficient (Wildman–Crippen LogP) is 4.48. The topological polar surface area (TPSA) is 50.8 Å². The fraction of sp³-hybridized carbons (Fsp3) is 0.435. The van der Waals surface area contributed by atoms with Gasteiger partial charge in [0.05, 0.1) is 19.6 Å². The number of rotatable bonds is 8. The summed E-state index contributed by atoms with van der Waals surface area (Å²) >= 11 is 0. The number of methoxy groups -OCH3 is 1. The third kappa shape index (κ3) is 6.89. The first-order valence-corrected chi connectivity index (χ1v) is 10.3. The Morgan fingerprint density at radius 3 is 2.39 bits per heavy atom. The molecular formula is C23H27F3N2O3. The lowest BCUT2D eigenvalue weighted by molar-refractivity contribution is -0.274. The van der Waals surface area contributed by atoms with Crippen LogP contribution in [0.15, 0.2) is 48.5 Å². The second-order valence-corrected chi connectivity index (χ2v) is 7.53. The van der Waals surface area contributed by atoms with E-state index < -0.39 is 6.36 Å². The molecule has 0 aromatic heterocycles. The number of para-hydroxylation sites is 1. The van der Waals surface area contributed by atoms with Crippen LogP contribution >= 0.6 is 0 Å². The molecule has 1 N–H and O–H groups in total. The van der Waals surface area contributed by atoms with E-state index in [9.17, 15) is 18.0 Å². The first-order valence-electron chi connectivity index (χ1n) is 10.3. The van der Waals surface area contributed by atoms with Gasteiger partial charge in [0, 0.05) is 12.1 Å². The summed E-state index contributed by atoms with van der Waals surface area (Å²) < 4.78 is 46.2. The normalized spacial score (nSPS) is 15.9. The van der Waals surface area contributed by atoms with E-state index >= 15 is 0 Å². The first kappa shape index (κ1) is 22.9. The van der Waals surface area contributed by atoms with Crippen molar-refractivity contribution < 1.29 is 27.4 Å². The third-order valence-electron chi connectivity index (χ3n) is 5.34. The van der Waals surface area contributed by atoms with Gasteiger partial charge in [-0.15, -0.1) is 13.2 Å². The lowest BCUT2D eigenvalue weighted by atomic mass is 10.0. The van der Waals surface area contributed by atoms with Gasteiger partial charge in [0.25, 0.3) is 0 Å². The zero-order chi connectivity index (χ0) is 22.3. The smallest absolute Gasteiger partial charge is 0.496 e. The van der Waals surface area contributed by atoms with E-state index in [1.807, 2.05) is 24.3 Å². The number of hydrogen-bond donors (Lipinski definition) is 1. The fourth-order valence-corrected chi connectivity index (χ4v) is 3.87. The Bertz CT molecular complexity index is 850. The molecule has 1 aliphatic rings. The summed E-state index contributed by atoms with van der Waals surface area (Å²) in [7, 11) is 1.64. The van der Waals surface area contributed by atoms with Crippen LogP contribution in [0, 0.1) is 0 Å². The third-order valence-corrected chi connectivity index (χ3v) is 5.34. The van der Waals surface area contributed by atoms with E-state index in [4.69, 9.17) is 4.74 Å². The Kier molecular flexibility index (Phi) is 7.79. The van der Waals surface area contributed by atoms with Crippen LogP contribution in [0.5, 0.6) is 11.5 Å². The van der Waals surface area contributed by atoms with E-state index in [2.05, 4.69) is 15.0 Å². The number of halogens is 3. The van der Waals surface area contributed by atoms with Crippen molar-refractivity contribution in [1.82, 2.24) is 10.2 Å². The van der Waals surface area contributed by atoms with Crippen molar-refractivity contribution in [3.63, 3.8) is 0 Å². The molecule has 0 aliphatic carbocycles. The van der Waals surface area contributed by atoms with Gasteiger partial charge < -0.3 is 14.8 Å². The average molecular weight is 436 g/mol. The number of hydrogen-bond acceptors (Lipinski definition) is 4. The number of likely N-dealkylation sites (tertiary alicyclic amines) is 1. The van der Waals surface area contributed by atoms with Crippen LogP contribution in [0.3, 0.4) is 0 Å². The lowest BCUT2D eigenvalue weighted by Gasteiger charge is -2.35. The SMILES string of the molecule is COc1ccccc1C(CNC(=O)Cc1ccc(OC(F)(F)F)cc1)N1CCCCC1. The molecule has 5 nitrogen and oxygen atoms in total. The number of benzene rings is 2. The number of amides is 1. The van der Waals surface area contributed by atoms with Crippen molar-refractivity contribution in [2.24, 2.45) is 0 Å². The Labute approximate surface area is 180 Å². The van der Waals surface area contributed by atoms with Gasteiger partial charge in [0.1, 0.15) is 11.5 Å². The lowest BCUT2D eigenvalue weighted by Crippen LogP contribution is -2.41. The molecule has 1 aliphatic heterocycles. The van der Waals surface area contributed by atoms with Gasteiger partial charge in [-0.2, -0.15) is 0 Å². The molecule has 2 aromatic rings. The maximum atomic E-state index is 12.5. The molecule has 0 saturated carbocycles. The van der Waals surface area contributed by atoms with Crippen molar-refractivity contribution in [1.29, 1.82) is 0 Å². The number of piperidine rings is 1. The number of nitrogens with one attached hydrogen (secondary N) is 1. The quantitative estimate of drug-likeness (QED) is 0.663. The van der Waals surface area contributed by atoms with Gasteiger partial charge in [-0.1, -0.05) is 36.8 Å². The van der Waals surface area contributed by atoms with Gasteiger partial charge in [0.15, 0.2) is 0 Å². The Hall–Kier alpha value is -2.74. The molecule has 8 heteroatoms. The molecule has 1 heterocycles. The Morgan fingerprint density at radius 2 is 1.74 bits per heavy atom. The molecule has 1 saturated heterocycles. The van der Waals surface area contributed by atoms with Crippen LogP contribution in [0.4, 0.5) is 13.2 Å². The highest BCUT2D eigenvalue weighted by Gasteiger charge is 2.31. The highest BCUT2D eigenvalue weighted by atomic mass is 19.4. The molecule has 1 unspecified atom stereocenters. The molecule has 31 heavy (non-hydrogen) atoms. The summed E-state index contributed by atoms with van der Waals surface area (Å²) in [6.45, 7) is 2.34. The zero-order valence-electron chi connectivity index (χ0n) is 17.5. The summed E-state index contributed by atoms with van der Waals surface area (Å²) in [6, 6.07) is 13.1. The summed E-state index contributed by atoms with van der Waals surface area (Å²) in [5, 5.41) is 2.98. The van der Waals surface area contributed by atoms with Gasteiger partial charge in [-0.3, -0.25) is 9.69 Å². The van der Waals surface area contributed by atoms with Crippen molar-refractivity contribution in [2.45, 2.75) is 38.1 Å². The average Bonchev–Trinajstić information content (AvgIpc) is 2.75. The summed E-state index contributed by atoms with van der Waals surface area (Å²) in [4.78, 5) is 14.9. The van der Waals surface area contributed by atoms with Crippen LogP contribution in [-0.4, -0.2) is 43.9 Å². The van der Waals surface area contributed by atoms with Gasteiger partial charge in [-0.25, -0.2) is 0 Å². The van der Waals surface area contributed by atoms with Crippen molar-refractivity contribution in [3.05, 3.63) is 59.7 Å². The van der Waals surface area contributed by atoms with Crippen LogP contribution in [-0.2, 0) is 11.2 Å². The van der Waals surface area contributed by atoms with Gasteiger partial charge in [0.2, 0.25) is 5.91 Å². The van der Waals surface area contributed by atoms with Crippen LogP contribution < -0.4 is 14.8 Å². The molecule has 3 rings (SSSR count). The molecular weight excluding hydrogens is 409 g/mol. The predicted molar refractivity (Wildman–Crippen MR) is 111 cm³/mol. The van der Waals surface area contributed by atoms with Crippen LogP contribution in [0.1, 0.15) is 36.4 Å². The van der Waals surface area contributed by atoms with Crippen molar-refractivity contribution in [3.8, 4) is 11.5 Å². The van der Waals surface area contributed by atoms with Crippen LogP contribution in [0.2, 0.25) is 0 Å². The van der Waals surface area contributed by atoms with Crippen molar-refractivity contribution in [2.75, 3.05) is 26.7 Å². The highest BCUT2D eigenvalue weighted by molar-refractivity contribution is 5.78. The standard InChI is InChI=1S/C23H27F3N2O3/c1-30-21-8-4-3-7-19(21)20(28-13-5-2-6-14-28)16-27-22(29)15-17-9-11-18(12-10-17)31-23(24,25)26/h3-4,7-12,20H,2,5-6,13-16H2,1H3,(H,27,29). The molecule has 0 radical (unpaired) electrons. The monoisotopic (exact) mass is 436 g/mol. The van der Waals surface area contributed by atoms with Gasteiger partial charge >= 0.3 is 6.36 Å². The minimum Gasteiger partial charge on any atom is -0.496 e. The number of alkyl halides is 3. The van der Waals surface area contributed by atoms with E-state index in [0.29, 0.717) is 12.1 Å². The maximum absolute atomic E-state index is 12.5. The molecule has 1 fully saturated rings. The molecule has 0 bridgehead atoms. The van der Waals surface area contributed by atoms with E-state index in [1.165, 1.54) is 30.7 Å². The summed E-state index contributed by atoms with van der Waals surface area (Å²) in [5.74, 6) is 0.284. The molecule has 0 spiro atoms. The fourth-order valence-electron chi connectivity index (χ4n) is 3.87. The molecule has 2 aromatic carbocycles. The second-order valence-electron chi connectivity index (χ2n) is 7.53. The second kappa shape index (κ2) is 10.5. The maximum Gasteiger partial charge on any atom is 0.573 e. The Morgan fingerprint density at radius 1 is 1.06 bits per heavy atom. The molecule has 168 valence electrons. The Balaban J connectivity index is 1.63. The molecule has 1 amide bonds. The number of ether oxygens (including phenoxy) is 2. The molecule has 1 atom stereocenters. The van der Waals surface area contributed by atoms with Crippen LogP contribution in [0.25, 0.3) is 0 Å². The minimum absolute atomic E-state index is 0.0111. The zero-order valence-corrected chi connectivity index (χ0v) is 17.5. The first-order chi connectivity index (χ1) is 14.9. The van der Waals surface area contributed by atoms with Gasteiger partial charge in [-0.05, 0) is 49.7 Å². The van der Waals surface area contributed by atoms with E-state index in [-0.39, 0.29) is 24.1 Å². The largest absolute Gasteiger partial charge is 0.573 e. The van der Waals surface area contributed by atoms with Crippen molar-refractivity contribution >= 4 is 5.91 Å². The highest BCUT2D eigenvalue weighted by Crippen LogP contribution is 2.31. The summed E-state index contributed by atoms with van der Waals surface area (Å²) in [5.41, 5.74) is 1.64. The minimum atomic E-state index is -4.74. The summed E-state index contributed by atoms with van der Waals surface area (Å²) in [6.07, 6.45) is -1.22. The number of nitrogens with zero attached hydrogens (tertiary/aromatic N) is 1. The number of carbonyl (C=O) groups excluding carboxylic acids is 1. The van der Waals surface area contributed by atoms with E-state index in [1.54, 1.807) is 7.11 Å². The number of carbonyl (C=O) groups is 1.